The standard InChI is InChI=1S/C28H41N3O7S/c1-27(2,3)38-25(34)24(15-28(4,5)26(35)36-10-9-11-39(6,7)8)31-16-22(29-30-31)19-37-23-13-20(17-32)12-21(14-23)18-33/h12-14,16,24,32-33H,10,15,17-19H2,1-8H3. The number of esters is 2. The topological polar surface area (TPSA) is 133 Å². The van der Waals surface area contributed by atoms with Gasteiger partial charge in [0.15, 0.2) is 12.6 Å². The third-order valence-corrected chi connectivity index (χ3v) is 6.00. The van der Waals surface area contributed by atoms with Gasteiger partial charge in [0.25, 0.3) is 0 Å². The molecule has 0 radical (unpaired) electrons. The van der Waals surface area contributed by atoms with Crippen molar-refractivity contribution in [2.24, 2.45) is 5.41 Å². The van der Waals surface area contributed by atoms with Crippen molar-refractivity contribution in [2.75, 3.05) is 25.4 Å². The van der Waals surface area contributed by atoms with Crippen LogP contribution in [-0.2, 0) is 38.9 Å². The average Bonchev–Trinajstić information content (AvgIpc) is 3.30. The molecule has 0 saturated heterocycles. The van der Waals surface area contributed by atoms with E-state index >= 15 is 0 Å². The Morgan fingerprint density at radius 2 is 1.67 bits per heavy atom. The number of carbonyl (C=O) groups excluding carboxylic acids is 2. The lowest BCUT2D eigenvalue weighted by Crippen LogP contribution is -2.36. The summed E-state index contributed by atoms with van der Waals surface area (Å²) < 4.78 is 18.2. The van der Waals surface area contributed by atoms with Crippen LogP contribution in [0, 0.1) is 16.6 Å². The minimum Gasteiger partial charge on any atom is -0.487 e. The Bertz CT molecular complexity index is 1180. The molecule has 1 aromatic carbocycles. The highest BCUT2D eigenvalue weighted by Crippen LogP contribution is 2.33. The fraction of sp³-hybridized carbons (Fsp3) is 0.571. The van der Waals surface area contributed by atoms with Crippen LogP contribution >= 0.6 is 10.0 Å². The number of aromatic nitrogens is 3. The lowest BCUT2D eigenvalue weighted by Gasteiger charge is -2.29. The van der Waals surface area contributed by atoms with Crippen molar-refractivity contribution < 1.29 is 34.0 Å². The zero-order valence-electron chi connectivity index (χ0n) is 24.1. The summed E-state index contributed by atoms with van der Waals surface area (Å²) in [6, 6.07) is 4.05. The van der Waals surface area contributed by atoms with Crippen molar-refractivity contribution in [1.29, 1.82) is 0 Å². The average molecular weight is 564 g/mol. The molecule has 0 fully saturated rings. The summed E-state index contributed by atoms with van der Waals surface area (Å²) in [5, 5.41) is 30.2. The number of rotatable bonds is 11. The van der Waals surface area contributed by atoms with E-state index in [0.29, 0.717) is 22.6 Å². The molecule has 2 aromatic rings. The molecule has 0 spiro atoms. The second-order valence-corrected chi connectivity index (χ2v) is 15.5. The van der Waals surface area contributed by atoms with Gasteiger partial charge in [-0.15, -0.1) is 5.10 Å². The highest BCUT2D eigenvalue weighted by molar-refractivity contribution is 8.35. The van der Waals surface area contributed by atoms with Crippen LogP contribution in [0.25, 0.3) is 0 Å². The number of hydrogen-bond acceptors (Lipinski definition) is 9. The van der Waals surface area contributed by atoms with Gasteiger partial charge in [0, 0.05) is 0 Å². The zero-order chi connectivity index (χ0) is 29.4. The number of hydrogen-bond donors (Lipinski definition) is 2. The van der Waals surface area contributed by atoms with Crippen molar-refractivity contribution in [2.45, 2.75) is 72.5 Å². The van der Waals surface area contributed by atoms with Gasteiger partial charge < -0.3 is 24.4 Å². The van der Waals surface area contributed by atoms with Crippen LogP contribution in [0.1, 0.15) is 63.9 Å². The van der Waals surface area contributed by atoms with E-state index in [1.807, 2.05) is 18.8 Å². The van der Waals surface area contributed by atoms with Gasteiger partial charge in [-0.2, -0.15) is 10.0 Å². The van der Waals surface area contributed by atoms with E-state index in [2.05, 4.69) is 21.5 Å². The minimum absolute atomic E-state index is 0.0239. The second kappa shape index (κ2) is 13.3. The van der Waals surface area contributed by atoms with Crippen LogP contribution in [0.15, 0.2) is 24.4 Å². The van der Waals surface area contributed by atoms with Crippen LogP contribution < -0.4 is 4.74 Å². The van der Waals surface area contributed by atoms with Gasteiger partial charge in [-0.05, 0) is 83.1 Å². The molecule has 0 amide bonds. The van der Waals surface area contributed by atoms with E-state index < -0.39 is 39.0 Å². The maximum Gasteiger partial charge on any atom is 0.331 e. The fourth-order valence-electron chi connectivity index (χ4n) is 3.45. The van der Waals surface area contributed by atoms with E-state index in [-0.39, 0.29) is 32.8 Å². The molecule has 10 nitrogen and oxygen atoms in total. The Labute approximate surface area is 232 Å². The van der Waals surface area contributed by atoms with E-state index in [1.165, 1.54) is 4.68 Å². The Kier molecular flexibility index (Phi) is 11.0. The molecule has 2 N–H and O–H groups in total. The highest BCUT2D eigenvalue weighted by atomic mass is 32.3. The Hall–Kier alpha value is -3.07. The minimum atomic E-state index is -1.05. The molecule has 0 aliphatic rings. The summed E-state index contributed by atoms with van der Waals surface area (Å²) in [6.07, 6.45) is 7.77. The van der Waals surface area contributed by atoms with Crippen LogP contribution in [-0.4, -0.2) is 68.1 Å². The highest BCUT2D eigenvalue weighted by Gasteiger charge is 2.38. The molecule has 2 rings (SSSR count). The Balaban J connectivity index is 2.21. The third-order valence-electron chi connectivity index (χ3n) is 5.24. The number of aliphatic hydroxyl groups excluding tert-OH is 2. The quantitative estimate of drug-likeness (QED) is 0.312. The van der Waals surface area contributed by atoms with Gasteiger partial charge >= 0.3 is 11.9 Å². The van der Waals surface area contributed by atoms with Gasteiger partial charge in [-0.25, -0.2) is 9.48 Å². The third kappa shape index (κ3) is 10.9. The van der Waals surface area contributed by atoms with Gasteiger partial charge in [0.05, 0.1) is 24.8 Å². The van der Waals surface area contributed by atoms with Crippen LogP contribution in [0.4, 0.5) is 0 Å². The molecule has 0 saturated carbocycles. The molecule has 39 heavy (non-hydrogen) atoms. The van der Waals surface area contributed by atoms with Crippen molar-refractivity contribution in [3.05, 3.63) is 41.2 Å². The number of carbonyl (C=O) groups is 2. The van der Waals surface area contributed by atoms with E-state index in [0.717, 1.165) is 0 Å². The SMILES string of the molecule is CC(C)(C)OC(=O)C(CC(C)(C)C(=O)OCC#CS(C)(C)C)n1cc(COc2cc(CO)cc(CO)c2)nn1. The van der Waals surface area contributed by atoms with Crippen molar-refractivity contribution in [1.82, 2.24) is 15.0 Å². The number of nitrogens with zero attached hydrogens (tertiary/aromatic N) is 3. The smallest absolute Gasteiger partial charge is 0.331 e. The van der Waals surface area contributed by atoms with E-state index in [9.17, 15) is 19.8 Å². The molecule has 0 bridgehead atoms. The van der Waals surface area contributed by atoms with E-state index in [1.54, 1.807) is 59.0 Å². The maximum absolute atomic E-state index is 13.2. The van der Waals surface area contributed by atoms with Crippen LogP contribution in [0.2, 0.25) is 0 Å². The summed E-state index contributed by atoms with van der Waals surface area (Å²) in [6.45, 7) is 8.30. The van der Waals surface area contributed by atoms with Gasteiger partial charge in [-0.1, -0.05) is 22.5 Å². The first-order valence-corrected chi connectivity index (χ1v) is 15.3. The van der Waals surface area contributed by atoms with E-state index in [4.69, 9.17) is 14.2 Å². The Morgan fingerprint density at radius 3 is 2.21 bits per heavy atom. The first-order chi connectivity index (χ1) is 18.0. The lowest BCUT2D eigenvalue weighted by molar-refractivity contribution is -0.162. The molecular weight excluding hydrogens is 522 g/mol. The zero-order valence-corrected chi connectivity index (χ0v) is 24.9. The molecule has 1 atom stereocenters. The molecule has 0 aliphatic heterocycles. The molecule has 216 valence electrons. The summed E-state index contributed by atoms with van der Waals surface area (Å²) >= 11 is 0. The summed E-state index contributed by atoms with van der Waals surface area (Å²) in [5.74, 6) is 2.30. The largest absolute Gasteiger partial charge is 0.487 e. The lowest BCUT2D eigenvalue weighted by atomic mass is 9.85. The first kappa shape index (κ1) is 32.1. The predicted molar refractivity (Wildman–Crippen MR) is 150 cm³/mol. The van der Waals surface area contributed by atoms with Crippen molar-refractivity contribution in [3.63, 3.8) is 0 Å². The Morgan fingerprint density at radius 1 is 1.05 bits per heavy atom. The predicted octanol–water partition coefficient (Wildman–Crippen LogP) is 3.34. The first-order valence-electron chi connectivity index (χ1n) is 12.5. The van der Waals surface area contributed by atoms with Gasteiger partial charge in [0.2, 0.25) is 0 Å². The van der Waals surface area contributed by atoms with Crippen molar-refractivity contribution in [3.8, 4) is 16.9 Å². The maximum atomic E-state index is 13.2. The fourth-order valence-corrected chi connectivity index (χ4v) is 3.94. The molecule has 1 unspecified atom stereocenters. The second-order valence-electron chi connectivity index (χ2n) is 11.6. The van der Waals surface area contributed by atoms with Crippen LogP contribution in [0.3, 0.4) is 0 Å². The van der Waals surface area contributed by atoms with Crippen molar-refractivity contribution >= 4 is 22.0 Å². The number of benzene rings is 1. The molecule has 1 aromatic heterocycles. The normalized spacial score (nSPS) is 13.2. The van der Waals surface area contributed by atoms with Crippen LogP contribution in [0.5, 0.6) is 5.75 Å². The molecule has 1 heterocycles. The summed E-state index contributed by atoms with van der Waals surface area (Å²) in [5.41, 5.74) is -0.162. The summed E-state index contributed by atoms with van der Waals surface area (Å²) in [7, 11) is -1.03. The number of aliphatic hydroxyl groups is 2. The summed E-state index contributed by atoms with van der Waals surface area (Å²) in [4.78, 5) is 26.1. The monoisotopic (exact) mass is 563 g/mol. The molecular formula is C28H41N3O7S. The number of ether oxygens (including phenoxy) is 3. The van der Waals surface area contributed by atoms with Gasteiger partial charge in [-0.3, -0.25) is 4.79 Å². The van der Waals surface area contributed by atoms with Gasteiger partial charge in [0.1, 0.15) is 23.7 Å². The molecule has 11 heteroatoms. The molecule has 0 aliphatic carbocycles.